The minimum absolute atomic E-state index is 0.211. The number of anilines is 1. The van der Waals surface area contributed by atoms with Crippen LogP contribution in [0.4, 0.5) is 5.82 Å². The SMILES string of the molecule is CSCC1C(O)CN1Cc1c[nH]c2c(N)ncnc12. The highest BCUT2D eigenvalue weighted by Gasteiger charge is 2.37. The van der Waals surface area contributed by atoms with Crippen LogP contribution in [0.1, 0.15) is 5.56 Å². The van der Waals surface area contributed by atoms with Gasteiger partial charge in [-0.05, 0) is 6.26 Å². The number of aliphatic hydroxyl groups excluding tert-OH is 1. The highest BCUT2D eigenvalue weighted by molar-refractivity contribution is 7.98. The average molecular weight is 279 g/mol. The van der Waals surface area contributed by atoms with Gasteiger partial charge in [0.15, 0.2) is 5.82 Å². The summed E-state index contributed by atoms with van der Waals surface area (Å²) in [7, 11) is 0. The molecule has 2 aromatic rings. The van der Waals surface area contributed by atoms with Gasteiger partial charge in [0, 0.05) is 36.6 Å². The van der Waals surface area contributed by atoms with Crippen molar-refractivity contribution in [2.75, 3.05) is 24.3 Å². The number of aromatic nitrogens is 3. The summed E-state index contributed by atoms with van der Waals surface area (Å²) in [6.07, 6.45) is 5.26. The summed E-state index contributed by atoms with van der Waals surface area (Å²) in [6, 6.07) is 0.235. The van der Waals surface area contributed by atoms with Crippen LogP contribution in [0.15, 0.2) is 12.5 Å². The molecule has 19 heavy (non-hydrogen) atoms. The minimum atomic E-state index is -0.211. The zero-order chi connectivity index (χ0) is 13.4. The fraction of sp³-hybridized carbons (Fsp3) is 0.500. The second-order valence-electron chi connectivity index (χ2n) is 4.82. The molecular formula is C12H17N5OS. The van der Waals surface area contributed by atoms with Crippen molar-refractivity contribution in [1.29, 1.82) is 0 Å². The number of thioether (sulfide) groups is 1. The van der Waals surface area contributed by atoms with Crippen LogP contribution in [0, 0.1) is 0 Å². The van der Waals surface area contributed by atoms with E-state index < -0.39 is 0 Å². The molecule has 1 aliphatic rings. The molecule has 1 fully saturated rings. The summed E-state index contributed by atoms with van der Waals surface area (Å²) in [5.41, 5.74) is 8.57. The molecule has 0 aromatic carbocycles. The maximum atomic E-state index is 9.79. The number of nitrogen functional groups attached to an aromatic ring is 1. The number of rotatable bonds is 4. The van der Waals surface area contributed by atoms with E-state index in [4.69, 9.17) is 5.73 Å². The lowest BCUT2D eigenvalue weighted by molar-refractivity contribution is -0.0544. The molecule has 3 heterocycles. The third-order valence-corrected chi connectivity index (χ3v) is 4.29. The summed E-state index contributed by atoms with van der Waals surface area (Å²) >= 11 is 1.76. The van der Waals surface area contributed by atoms with Crippen LogP contribution in [0.3, 0.4) is 0 Å². The highest BCUT2D eigenvalue weighted by Crippen LogP contribution is 2.27. The molecular weight excluding hydrogens is 262 g/mol. The van der Waals surface area contributed by atoms with Crippen molar-refractivity contribution in [3.63, 3.8) is 0 Å². The first kappa shape index (κ1) is 12.7. The quantitative estimate of drug-likeness (QED) is 0.752. The van der Waals surface area contributed by atoms with Crippen LogP contribution >= 0.6 is 11.8 Å². The van der Waals surface area contributed by atoms with Gasteiger partial charge >= 0.3 is 0 Å². The minimum Gasteiger partial charge on any atom is -0.390 e. The third kappa shape index (κ3) is 2.18. The molecule has 4 N–H and O–H groups in total. The van der Waals surface area contributed by atoms with Gasteiger partial charge in [-0.2, -0.15) is 11.8 Å². The van der Waals surface area contributed by atoms with Gasteiger partial charge in [-0.25, -0.2) is 9.97 Å². The largest absolute Gasteiger partial charge is 0.390 e. The molecule has 0 spiro atoms. The second-order valence-corrected chi connectivity index (χ2v) is 5.73. The van der Waals surface area contributed by atoms with E-state index in [1.165, 1.54) is 6.33 Å². The average Bonchev–Trinajstić information content (AvgIpc) is 2.80. The first-order chi connectivity index (χ1) is 9.20. The van der Waals surface area contributed by atoms with E-state index in [2.05, 4.69) is 26.1 Å². The van der Waals surface area contributed by atoms with E-state index in [-0.39, 0.29) is 12.1 Å². The fourth-order valence-corrected chi connectivity index (χ4v) is 3.30. The lowest BCUT2D eigenvalue weighted by atomic mass is 10.0. The smallest absolute Gasteiger partial charge is 0.151 e. The van der Waals surface area contributed by atoms with Crippen molar-refractivity contribution >= 4 is 28.6 Å². The fourth-order valence-electron chi connectivity index (χ4n) is 2.52. The Morgan fingerprint density at radius 2 is 2.42 bits per heavy atom. The van der Waals surface area contributed by atoms with Crippen molar-refractivity contribution in [2.24, 2.45) is 0 Å². The lowest BCUT2D eigenvalue weighted by Crippen LogP contribution is -2.60. The Balaban J connectivity index is 1.81. The van der Waals surface area contributed by atoms with Gasteiger partial charge in [-0.15, -0.1) is 0 Å². The molecule has 1 saturated heterocycles. The molecule has 2 atom stereocenters. The zero-order valence-corrected chi connectivity index (χ0v) is 11.5. The zero-order valence-electron chi connectivity index (χ0n) is 10.7. The van der Waals surface area contributed by atoms with Crippen LogP contribution in [0.25, 0.3) is 11.0 Å². The molecule has 0 radical (unpaired) electrons. The van der Waals surface area contributed by atoms with Crippen LogP contribution in [-0.2, 0) is 6.54 Å². The highest BCUT2D eigenvalue weighted by atomic mass is 32.2. The van der Waals surface area contributed by atoms with Gasteiger partial charge < -0.3 is 15.8 Å². The number of H-pyrrole nitrogens is 1. The van der Waals surface area contributed by atoms with Crippen LogP contribution in [0.5, 0.6) is 0 Å². The predicted octanol–water partition coefficient (Wildman–Crippen LogP) is 0.448. The first-order valence-electron chi connectivity index (χ1n) is 6.18. The van der Waals surface area contributed by atoms with E-state index in [9.17, 15) is 5.11 Å². The molecule has 7 heteroatoms. The van der Waals surface area contributed by atoms with Crippen LogP contribution < -0.4 is 5.73 Å². The number of fused-ring (bicyclic) bond motifs is 1. The predicted molar refractivity (Wildman–Crippen MR) is 76.9 cm³/mol. The van der Waals surface area contributed by atoms with Gasteiger partial charge in [0.1, 0.15) is 11.8 Å². The topological polar surface area (TPSA) is 91.1 Å². The first-order valence-corrected chi connectivity index (χ1v) is 7.57. The third-order valence-electron chi connectivity index (χ3n) is 3.62. The molecule has 0 amide bonds. The Hall–Kier alpha value is -1.31. The van der Waals surface area contributed by atoms with Gasteiger partial charge in [-0.1, -0.05) is 0 Å². The molecule has 0 saturated carbocycles. The number of nitrogens with one attached hydrogen (secondary N) is 1. The maximum Gasteiger partial charge on any atom is 0.151 e. The maximum absolute atomic E-state index is 9.79. The number of hydrogen-bond donors (Lipinski definition) is 3. The van der Waals surface area contributed by atoms with Gasteiger partial charge in [-0.3, -0.25) is 4.90 Å². The molecule has 6 nitrogen and oxygen atoms in total. The summed E-state index contributed by atoms with van der Waals surface area (Å²) in [4.78, 5) is 13.6. The molecule has 1 aliphatic heterocycles. The van der Waals surface area contributed by atoms with E-state index >= 15 is 0 Å². The van der Waals surface area contributed by atoms with E-state index in [0.717, 1.165) is 35.4 Å². The Labute approximate surface area is 115 Å². The second kappa shape index (κ2) is 4.99. The summed E-state index contributed by atoms with van der Waals surface area (Å²) in [5.74, 6) is 1.42. The van der Waals surface area contributed by atoms with E-state index in [1.807, 2.05) is 6.20 Å². The van der Waals surface area contributed by atoms with Crippen molar-refractivity contribution < 1.29 is 5.11 Å². The number of nitrogens with zero attached hydrogens (tertiary/aromatic N) is 3. The van der Waals surface area contributed by atoms with Gasteiger partial charge in [0.2, 0.25) is 0 Å². The van der Waals surface area contributed by atoms with Crippen molar-refractivity contribution in [3.05, 3.63) is 18.1 Å². The van der Waals surface area contributed by atoms with Gasteiger partial charge in [0.25, 0.3) is 0 Å². The van der Waals surface area contributed by atoms with Crippen LogP contribution in [0.2, 0.25) is 0 Å². The van der Waals surface area contributed by atoms with Crippen molar-refractivity contribution in [1.82, 2.24) is 19.9 Å². The van der Waals surface area contributed by atoms with Crippen LogP contribution in [-0.4, -0.2) is 55.7 Å². The van der Waals surface area contributed by atoms with Gasteiger partial charge in [0.05, 0.1) is 11.6 Å². The Morgan fingerprint density at radius 3 is 3.16 bits per heavy atom. The molecule has 3 rings (SSSR count). The van der Waals surface area contributed by atoms with E-state index in [0.29, 0.717) is 5.82 Å². The Bertz CT molecular complexity index is 587. The number of hydrogen-bond acceptors (Lipinski definition) is 6. The molecule has 2 aromatic heterocycles. The number of aliphatic hydroxyl groups is 1. The number of β-amino-alcohol motifs (C(OH)–C–C–N with tert-alkyl or cyclic N) is 1. The van der Waals surface area contributed by atoms with Crippen molar-refractivity contribution in [2.45, 2.75) is 18.7 Å². The molecule has 0 bridgehead atoms. The number of likely N-dealkylation sites (tertiary alicyclic amines) is 1. The summed E-state index contributed by atoms with van der Waals surface area (Å²) in [5, 5.41) is 9.79. The normalized spacial score (nSPS) is 23.7. The number of nitrogens with two attached hydrogens (primary N) is 1. The monoisotopic (exact) mass is 279 g/mol. The van der Waals surface area contributed by atoms with Crippen molar-refractivity contribution in [3.8, 4) is 0 Å². The molecule has 0 aliphatic carbocycles. The standard InChI is InChI=1S/C12H17N5OS/c1-19-5-8-9(18)4-17(8)3-7-2-14-11-10(7)15-6-16-12(11)13/h2,6,8-9,14,18H,3-5H2,1H3,(H2,13,15,16). The lowest BCUT2D eigenvalue weighted by Gasteiger charge is -2.45. The number of aromatic amines is 1. The van der Waals surface area contributed by atoms with E-state index in [1.54, 1.807) is 11.8 Å². The summed E-state index contributed by atoms with van der Waals surface area (Å²) in [6.45, 7) is 1.50. The Kier molecular flexibility index (Phi) is 3.34. The molecule has 102 valence electrons. The Morgan fingerprint density at radius 1 is 1.58 bits per heavy atom. The molecule has 2 unspecified atom stereocenters. The summed E-state index contributed by atoms with van der Waals surface area (Å²) < 4.78 is 0.